The van der Waals surface area contributed by atoms with Crippen LogP contribution in [0.2, 0.25) is 0 Å². The molecule has 0 aliphatic carbocycles. The summed E-state index contributed by atoms with van der Waals surface area (Å²) >= 11 is 0. The SMILES string of the molecule is CC(CCCC(C)C(=O)O)NC(=O)N1CCC(N(C)C)C1. The Morgan fingerprint density at radius 3 is 2.52 bits per heavy atom. The molecule has 0 aromatic rings. The Balaban J connectivity index is 2.24. The van der Waals surface area contributed by atoms with Crippen LogP contribution in [0.25, 0.3) is 0 Å². The minimum absolute atomic E-state index is 0.00173. The maximum atomic E-state index is 12.1. The number of carboxylic acids is 1. The summed E-state index contributed by atoms with van der Waals surface area (Å²) < 4.78 is 0. The average Bonchev–Trinajstić information content (AvgIpc) is 2.88. The van der Waals surface area contributed by atoms with Gasteiger partial charge in [0, 0.05) is 25.2 Å². The zero-order chi connectivity index (χ0) is 16.0. The lowest BCUT2D eigenvalue weighted by molar-refractivity contribution is -0.141. The smallest absolute Gasteiger partial charge is 0.317 e. The normalized spacial score (nSPS) is 21.4. The first-order valence-corrected chi connectivity index (χ1v) is 7.76. The summed E-state index contributed by atoms with van der Waals surface area (Å²) in [6.07, 6.45) is 3.30. The van der Waals surface area contributed by atoms with E-state index in [9.17, 15) is 9.59 Å². The molecule has 122 valence electrons. The molecule has 6 heteroatoms. The molecule has 1 rings (SSSR count). The van der Waals surface area contributed by atoms with Crippen LogP contribution in [-0.2, 0) is 4.79 Å². The Morgan fingerprint density at radius 2 is 2.00 bits per heavy atom. The largest absolute Gasteiger partial charge is 0.481 e. The van der Waals surface area contributed by atoms with Crippen LogP contribution >= 0.6 is 0 Å². The lowest BCUT2D eigenvalue weighted by Crippen LogP contribution is -2.44. The molecule has 0 spiro atoms. The summed E-state index contributed by atoms with van der Waals surface area (Å²) in [6, 6.07) is 0.525. The van der Waals surface area contributed by atoms with Gasteiger partial charge in [0.1, 0.15) is 0 Å². The van der Waals surface area contributed by atoms with Crippen LogP contribution < -0.4 is 5.32 Å². The minimum Gasteiger partial charge on any atom is -0.481 e. The van der Waals surface area contributed by atoms with E-state index in [1.54, 1.807) is 6.92 Å². The van der Waals surface area contributed by atoms with Gasteiger partial charge < -0.3 is 20.2 Å². The fourth-order valence-electron chi connectivity index (χ4n) is 2.58. The quantitative estimate of drug-likeness (QED) is 0.749. The lowest BCUT2D eigenvalue weighted by Gasteiger charge is -2.23. The lowest BCUT2D eigenvalue weighted by atomic mass is 10.0. The molecule has 21 heavy (non-hydrogen) atoms. The summed E-state index contributed by atoms with van der Waals surface area (Å²) in [4.78, 5) is 26.9. The van der Waals surface area contributed by atoms with Crippen LogP contribution in [-0.4, -0.2) is 66.2 Å². The number of carboxylic acid groups (broad SMARTS) is 1. The van der Waals surface area contributed by atoms with Crippen LogP contribution in [0.5, 0.6) is 0 Å². The number of nitrogens with zero attached hydrogens (tertiary/aromatic N) is 2. The third kappa shape index (κ3) is 5.91. The predicted molar refractivity (Wildman–Crippen MR) is 82.3 cm³/mol. The van der Waals surface area contributed by atoms with Crippen molar-refractivity contribution in [2.45, 2.75) is 51.6 Å². The van der Waals surface area contributed by atoms with Gasteiger partial charge in [-0.1, -0.05) is 13.3 Å². The number of aliphatic carboxylic acids is 1. The fourth-order valence-corrected chi connectivity index (χ4v) is 2.58. The van der Waals surface area contributed by atoms with Gasteiger partial charge in [-0.25, -0.2) is 4.79 Å². The zero-order valence-electron chi connectivity index (χ0n) is 13.6. The maximum absolute atomic E-state index is 12.1. The van der Waals surface area contributed by atoms with Crippen molar-refractivity contribution in [1.82, 2.24) is 15.1 Å². The molecule has 0 aromatic carbocycles. The maximum Gasteiger partial charge on any atom is 0.317 e. The molecule has 1 fully saturated rings. The second-order valence-corrected chi connectivity index (χ2v) is 6.37. The summed E-state index contributed by atoms with van der Waals surface area (Å²) in [5.41, 5.74) is 0. The molecule has 6 nitrogen and oxygen atoms in total. The van der Waals surface area contributed by atoms with E-state index in [4.69, 9.17) is 5.11 Å². The highest BCUT2D eigenvalue weighted by molar-refractivity contribution is 5.74. The van der Waals surface area contributed by atoms with E-state index in [0.29, 0.717) is 12.5 Å². The number of hydrogen-bond donors (Lipinski definition) is 2. The van der Waals surface area contributed by atoms with Crippen molar-refractivity contribution in [3.63, 3.8) is 0 Å². The van der Waals surface area contributed by atoms with Crippen molar-refractivity contribution in [1.29, 1.82) is 0 Å². The minimum atomic E-state index is -0.751. The number of nitrogens with one attached hydrogen (secondary N) is 1. The monoisotopic (exact) mass is 299 g/mol. The molecule has 0 bridgehead atoms. The second kappa shape index (κ2) is 8.22. The van der Waals surface area contributed by atoms with Gasteiger partial charge >= 0.3 is 12.0 Å². The summed E-state index contributed by atoms with van der Waals surface area (Å²) in [6.45, 7) is 5.28. The number of hydrogen-bond acceptors (Lipinski definition) is 3. The Kier molecular flexibility index (Phi) is 6.95. The summed E-state index contributed by atoms with van der Waals surface area (Å²) in [5, 5.41) is 11.8. The molecule has 1 aliphatic rings. The molecule has 0 saturated carbocycles. The highest BCUT2D eigenvalue weighted by atomic mass is 16.4. The molecular formula is C15H29N3O3. The van der Waals surface area contributed by atoms with Crippen LogP contribution in [0.1, 0.15) is 39.5 Å². The number of amides is 2. The van der Waals surface area contributed by atoms with E-state index in [1.807, 2.05) is 25.9 Å². The number of likely N-dealkylation sites (N-methyl/N-ethyl adjacent to an activating group) is 1. The van der Waals surface area contributed by atoms with E-state index in [-0.39, 0.29) is 18.0 Å². The highest BCUT2D eigenvalue weighted by Crippen LogP contribution is 2.14. The molecule has 0 aromatic heterocycles. The third-order valence-electron chi connectivity index (χ3n) is 4.25. The molecule has 2 amide bonds. The van der Waals surface area contributed by atoms with Gasteiger partial charge in [0.2, 0.25) is 0 Å². The molecule has 3 atom stereocenters. The first-order chi connectivity index (χ1) is 9.81. The molecule has 3 unspecified atom stereocenters. The molecule has 0 radical (unpaired) electrons. The molecule has 2 N–H and O–H groups in total. The Morgan fingerprint density at radius 1 is 1.33 bits per heavy atom. The first-order valence-electron chi connectivity index (χ1n) is 7.76. The van der Waals surface area contributed by atoms with Gasteiger partial charge in [0.15, 0.2) is 0 Å². The summed E-state index contributed by atoms with van der Waals surface area (Å²) in [7, 11) is 4.08. The number of rotatable bonds is 7. The van der Waals surface area contributed by atoms with Gasteiger partial charge in [0.25, 0.3) is 0 Å². The van der Waals surface area contributed by atoms with Crippen LogP contribution in [0.4, 0.5) is 4.79 Å². The van der Waals surface area contributed by atoms with E-state index in [1.165, 1.54) is 0 Å². The second-order valence-electron chi connectivity index (χ2n) is 6.37. The third-order valence-corrected chi connectivity index (χ3v) is 4.25. The van der Waals surface area contributed by atoms with Crippen LogP contribution in [0.15, 0.2) is 0 Å². The van der Waals surface area contributed by atoms with Gasteiger partial charge in [-0.15, -0.1) is 0 Å². The number of carbonyl (C=O) groups is 2. The molecule has 1 heterocycles. The zero-order valence-corrected chi connectivity index (χ0v) is 13.6. The van der Waals surface area contributed by atoms with E-state index in [0.717, 1.165) is 32.4 Å². The van der Waals surface area contributed by atoms with Crippen LogP contribution in [0.3, 0.4) is 0 Å². The van der Waals surface area contributed by atoms with Crippen molar-refractivity contribution in [2.75, 3.05) is 27.2 Å². The van der Waals surface area contributed by atoms with Crippen molar-refractivity contribution in [3.8, 4) is 0 Å². The summed E-state index contributed by atoms with van der Waals surface area (Å²) in [5.74, 6) is -1.06. The number of urea groups is 1. The Hall–Kier alpha value is -1.30. The van der Waals surface area contributed by atoms with E-state index >= 15 is 0 Å². The van der Waals surface area contributed by atoms with E-state index in [2.05, 4.69) is 10.2 Å². The van der Waals surface area contributed by atoms with Gasteiger partial charge in [-0.3, -0.25) is 4.79 Å². The standard InChI is InChI=1S/C15H29N3O3/c1-11(14(19)20)6-5-7-12(2)16-15(21)18-9-8-13(10-18)17(3)4/h11-13H,5-10H2,1-4H3,(H,16,21)(H,19,20). The van der Waals surface area contributed by atoms with Gasteiger partial charge in [0.05, 0.1) is 5.92 Å². The topological polar surface area (TPSA) is 72.9 Å². The van der Waals surface area contributed by atoms with Crippen molar-refractivity contribution in [2.24, 2.45) is 5.92 Å². The van der Waals surface area contributed by atoms with Crippen molar-refractivity contribution >= 4 is 12.0 Å². The van der Waals surface area contributed by atoms with Crippen LogP contribution in [0, 0.1) is 5.92 Å². The number of carbonyl (C=O) groups excluding carboxylic acids is 1. The molecule has 1 aliphatic heterocycles. The first kappa shape index (κ1) is 17.8. The Labute approximate surface area is 127 Å². The average molecular weight is 299 g/mol. The highest BCUT2D eigenvalue weighted by Gasteiger charge is 2.27. The van der Waals surface area contributed by atoms with Gasteiger partial charge in [-0.2, -0.15) is 0 Å². The number of likely N-dealkylation sites (tertiary alicyclic amines) is 1. The predicted octanol–water partition coefficient (Wildman–Crippen LogP) is 1.61. The molecular weight excluding hydrogens is 270 g/mol. The van der Waals surface area contributed by atoms with Gasteiger partial charge in [-0.05, 0) is 40.3 Å². The van der Waals surface area contributed by atoms with Crippen molar-refractivity contribution in [3.05, 3.63) is 0 Å². The van der Waals surface area contributed by atoms with E-state index < -0.39 is 5.97 Å². The molecule has 1 saturated heterocycles. The Bertz CT molecular complexity index is 360. The fraction of sp³-hybridized carbons (Fsp3) is 0.867. The van der Waals surface area contributed by atoms with Crippen molar-refractivity contribution < 1.29 is 14.7 Å².